The molecular weight excluding hydrogens is 492 g/mol. The molecule has 1 aliphatic heterocycles. The Hall–Kier alpha value is -4.21. The lowest BCUT2D eigenvalue weighted by Crippen LogP contribution is -2.44. The first-order valence-corrected chi connectivity index (χ1v) is 11.3. The van der Waals surface area contributed by atoms with Gasteiger partial charge in [-0.2, -0.15) is 13.2 Å². The van der Waals surface area contributed by atoms with E-state index in [4.69, 9.17) is 0 Å². The second-order valence-corrected chi connectivity index (χ2v) is 9.06. The molecule has 0 aliphatic carbocycles. The van der Waals surface area contributed by atoms with E-state index < -0.39 is 35.5 Å². The van der Waals surface area contributed by atoms with E-state index in [9.17, 15) is 37.1 Å². The van der Waals surface area contributed by atoms with Gasteiger partial charge in [-0.25, -0.2) is 9.18 Å². The van der Waals surface area contributed by atoms with Crippen LogP contribution in [0.2, 0.25) is 0 Å². The van der Waals surface area contributed by atoms with Gasteiger partial charge in [0.15, 0.2) is 0 Å². The van der Waals surface area contributed by atoms with Gasteiger partial charge in [-0.15, -0.1) is 0 Å². The number of halogens is 4. The van der Waals surface area contributed by atoms with Crippen molar-refractivity contribution in [1.29, 1.82) is 0 Å². The highest BCUT2D eigenvalue weighted by atomic mass is 19.4. The predicted molar refractivity (Wildman–Crippen MR) is 127 cm³/mol. The van der Waals surface area contributed by atoms with Crippen molar-refractivity contribution in [3.05, 3.63) is 88.7 Å². The molecule has 10 heteroatoms. The molecule has 3 aromatic carbocycles. The second kappa shape index (κ2) is 9.68. The maximum atomic E-state index is 13.8. The van der Waals surface area contributed by atoms with E-state index in [1.807, 2.05) is 0 Å². The number of aliphatic carboxylic acids is 1. The molecule has 1 heterocycles. The highest BCUT2D eigenvalue weighted by Crippen LogP contribution is 2.33. The monoisotopic (exact) mass is 514 g/mol. The maximum Gasteiger partial charge on any atom is 0.419 e. The van der Waals surface area contributed by atoms with Crippen molar-refractivity contribution < 1.29 is 37.1 Å². The Morgan fingerprint density at radius 2 is 1.62 bits per heavy atom. The molecule has 0 aromatic heterocycles. The number of carbonyl (C=O) groups excluding carboxylic acids is 2. The van der Waals surface area contributed by atoms with Crippen LogP contribution in [0.1, 0.15) is 45.7 Å². The molecule has 6 nitrogen and oxygen atoms in total. The summed E-state index contributed by atoms with van der Waals surface area (Å²) in [4.78, 5) is 38.4. The number of hydrogen-bond acceptors (Lipinski definition) is 3. The van der Waals surface area contributed by atoms with E-state index in [2.05, 4.69) is 5.32 Å². The number of carboxylic acid groups (broad SMARTS) is 1. The molecule has 192 valence electrons. The molecule has 0 saturated heterocycles. The van der Waals surface area contributed by atoms with Crippen LogP contribution in [0.3, 0.4) is 0 Å². The molecule has 3 aromatic rings. The van der Waals surface area contributed by atoms with Crippen molar-refractivity contribution in [2.45, 2.75) is 32.6 Å². The quantitative estimate of drug-likeness (QED) is 0.406. The zero-order valence-electron chi connectivity index (χ0n) is 19.8. The van der Waals surface area contributed by atoms with Gasteiger partial charge in [0.25, 0.3) is 11.8 Å². The minimum Gasteiger partial charge on any atom is -0.480 e. The van der Waals surface area contributed by atoms with Crippen LogP contribution >= 0.6 is 0 Å². The lowest BCUT2D eigenvalue weighted by Gasteiger charge is -2.27. The van der Waals surface area contributed by atoms with Crippen molar-refractivity contribution in [3.63, 3.8) is 0 Å². The second-order valence-electron chi connectivity index (χ2n) is 9.06. The Morgan fingerprint density at radius 1 is 0.973 bits per heavy atom. The van der Waals surface area contributed by atoms with Gasteiger partial charge in [-0.1, -0.05) is 38.1 Å². The molecule has 1 atom stereocenters. The third-order valence-electron chi connectivity index (χ3n) is 6.17. The lowest BCUT2D eigenvalue weighted by molar-refractivity contribution is -0.144. The molecule has 0 unspecified atom stereocenters. The van der Waals surface area contributed by atoms with Crippen molar-refractivity contribution >= 4 is 23.5 Å². The number of nitrogens with zero attached hydrogens (tertiary/aromatic N) is 1. The third-order valence-corrected chi connectivity index (χ3v) is 6.17. The summed E-state index contributed by atoms with van der Waals surface area (Å²) < 4.78 is 52.0. The number of anilines is 1. The zero-order chi connectivity index (χ0) is 27.1. The molecule has 0 radical (unpaired) electrons. The molecule has 4 rings (SSSR count). The first kappa shape index (κ1) is 25.9. The number of benzene rings is 3. The number of carbonyl (C=O) groups is 3. The van der Waals surface area contributed by atoms with Gasteiger partial charge in [0, 0.05) is 23.4 Å². The van der Waals surface area contributed by atoms with Gasteiger partial charge >= 0.3 is 12.1 Å². The van der Waals surface area contributed by atoms with Gasteiger partial charge < -0.3 is 15.3 Å². The average Bonchev–Trinajstić information content (AvgIpc) is 3.13. The molecule has 0 spiro atoms. The average molecular weight is 514 g/mol. The van der Waals surface area contributed by atoms with Crippen LogP contribution in [0, 0.1) is 11.7 Å². The highest BCUT2D eigenvalue weighted by Gasteiger charge is 2.38. The van der Waals surface area contributed by atoms with Gasteiger partial charge in [0.2, 0.25) is 0 Å². The fourth-order valence-electron chi connectivity index (χ4n) is 4.34. The molecule has 2 amide bonds. The predicted octanol–water partition coefficient (Wildman–Crippen LogP) is 5.83. The smallest absolute Gasteiger partial charge is 0.419 e. The molecule has 0 bridgehead atoms. The number of fused-ring (bicyclic) bond motifs is 1. The summed E-state index contributed by atoms with van der Waals surface area (Å²) in [6.45, 7) is 3.70. The van der Waals surface area contributed by atoms with E-state index in [-0.39, 0.29) is 23.9 Å². The van der Waals surface area contributed by atoms with Crippen molar-refractivity contribution in [1.82, 2.24) is 4.90 Å². The summed E-state index contributed by atoms with van der Waals surface area (Å²) in [6.07, 6.45) is -4.86. The van der Waals surface area contributed by atoms with E-state index in [1.165, 1.54) is 4.90 Å². The number of hydrogen-bond donors (Lipinski definition) is 2. The van der Waals surface area contributed by atoms with Crippen LogP contribution in [0.4, 0.5) is 23.2 Å². The summed E-state index contributed by atoms with van der Waals surface area (Å²) in [5, 5.41) is 12.1. The van der Waals surface area contributed by atoms with E-state index >= 15 is 0 Å². The molecule has 1 aliphatic rings. The largest absolute Gasteiger partial charge is 0.480 e. The molecule has 0 saturated carbocycles. The van der Waals surface area contributed by atoms with E-state index in [0.717, 1.165) is 11.6 Å². The maximum absolute atomic E-state index is 13.8. The van der Waals surface area contributed by atoms with Crippen molar-refractivity contribution in [3.8, 4) is 11.1 Å². The van der Waals surface area contributed by atoms with Crippen LogP contribution in [-0.2, 0) is 17.5 Å². The molecule has 2 N–H and O–H groups in total. The zero-order valence-corrected chi connectivity index (χ0v) is 19.8. The fourth-order valence-corrected chi connectivity index (χ4v) is 4.34. The first-order valence-electron chi connectivity index (χ1n) is 11.3. The Balaban J connectivity index is 1.50. The van der Waals surface area contributed by atoms with Crippen molar-refractivity contribution in [2.24, 2.45) is 5.92 Å². The topological polar surface area (TPSA) is 86.7 Å². The normalized spacial score (nSPS) is 14.0. The SMILES string of the molecule is CC(C)[C@@H](C(=O)O)N1Cc2ccc(-c3ccc(NC(=O)c4ccc(C(F)(F)F)c(F)c4)cc3)cc2C1=O. The summed E-state index contributed by atoms with van der Waals surface area (Å²) in [6, 6.07) is 12.8. The Morgan fingerprint density at radius 3 is 2.19 bits per heavy atom. The fraction of sp³-hybridized carbons (Fsp3) is 0.222. The molecular formula is C27H22F4N2O4. The summed E-state index contributed by atoms with van der Waals surface area (Å²) in [5.41, 5.74) is 1.18. The van der Waals surface area contributed by atoms with Crippen LogP contribution in [0.25, 0.3) is 11.1 Å². The van der Waals surface area contributed by atoms with Gasteiger partial charge in [-0.05, 0) is 59.0 Å². The Bertz CT molecular complexity index is 1380. The molecule has 0 fully saturated rings. The number of alkyl halides is 3. The third kappa shape index (κ3) is 5.18. The summed E-state index contributed by atoms with van der Waals surface area (Å²) in [7, 11) is 0. The van der Waals surface area contributed by atoms with E-state index in [1.54, 1.807) is 56.3 Å². The van der Waals surface area contributed by atoms with Gasteiger partial charge in [-0.3, -0.25) is 9.59 Å². The van der Waals surface area contributed by atoms with Gasteiger partial charge in [0.05, 0.1) is 5.56 Å². The standard InChI is InChI=1S/C27H22F4N2O4/c1-14(2)23(26(36)37)33-13-18-4-3-16(11-20(18)25(33)35)15-5-8-19(9-6-15)32-24(34)17-7-10-21(22(28)12-17)27(29,30)31/h3-12,14,23H,13H2,1-2H3,(H,32,34)(H,36,37)/t23-/m0/s1. The van der Waals surface area contributed by atoms with Gasteiger partial charge in [0.1, 0.15) is 11.9 Å². The minimum absolute atomic E-state index is 0.207. The Labute approximate surface area is 209 Å². The van der Waals surface area contributed by atoms with Crippen LogP contribution in [-0.4, -0.2) is 33.8 Å². The van der Waals surface area contributed by atoms with E-state index in [0.29, 0.717) is 34.5 Å². The van der Waals surface area contributed by atoms with Crippen LogP contribution < -0.4 is 5.32 Å². The first-order chi connectivity index (χ1) is 17.4. The van der Waals surface area contributed by atoms with Crippen LogP contribution in [0.15, 0.2) is 60.7 Å². The number of rotatable bonds is 6. The van der Waals surface area contributed by atoms with Crippen LogP contribution in [0.5, 0.6) is 0 Å². The summed E-state index contributed by atoms with van der Waals surface area (Å²) in [5.74, 6) is -4.00. The number of amides is 2. The molecule has 37 heavy (non-hydrogen) atoms. The highest BCUT2D eigenvalue weighted by molar-refractivity contribution is 6.04. The van der Waals surface area contributed by atoms with Crippen molar-refractivity contribution in [2.75, 3.05) is 5.32 Å². The lowest BCUT2D eigenvalue weighted by atomic mass is 10.00. The summed E-state index contributed by atoms with van der Waals surface area (Å²) >= 11 is 0. The Kier molecular flexibility index (Phi) is 6.77. The minimum atomic E-state index is -4.86. The number of nitrogens with one attached hydrogen (secondary N) is 1. The number of carboxylic acids is 1.